The van der Waals surface area contributed by atoms with E-state index in [-0.39, 0.29) is 14.3 Å². The summed E-state index contributed by atoms with van der Waals surface area (Å²) < 4.78 is 24.7. The van der Waals surface area contributed by atoms with Crippen LogP contribution in [0.3, 0.4) is 0 Å². The number of hydrogen-bond acceptors (Lipinski definition) is 2. The van der Waals surface area contributed by atoms with E-state index in [1.807, 2.05) is 0 Å². The fourth-order valence-electron chi connectivity index (χ4n) is 0.711. The third kappa shape index (κ3) is 2.25. The molecular weight excluding hydrogens is 312 g/mol. The van der Waals surface area contributed by atoms with Crippen molar-refractivity contribution in [1.29, 1.82) is 5.26 Å². The molecule has 2 nitrogen and oxygen atoms in total. The predicted octanol–water partition coefficient (Wildman–Crippen LogP) is 3.15. The van der Waals surface area contributed by atoms with Crippen molar-refractivity contribution >= 4 is 34.2 Å². The van der Waals surface area contributed by atoms with Crippen LogP contribution in [-0.4, -0.2) is 4.98 Å². The van der Waals surface area contributed by atoms with Crippen LogP contribution in [0, 0.1) is 15.0 Å². The Morgan fingerprint density at radius 3 is 2.69 bits per heavy atom. The molecule has 0 saturated heterocycles. The van der Waals surface area contributed by atoms with E-state index in [0.717, 1.165) is 0 Å². The van der Waals surface area contributed by atoms with Crippen LogP contribution >= 0.6 is 34.2 Å². The second kappa shape index (κ2) is 4.15. The number of nitrogens with zero attached hydrogens (tertiary/aromatic N) is 2. The minimum Gasteiger partial charge on any atom is -0.238 e. The van der Waals surface area contributed by atoms with Gasteiger partial charge in [0.2, 0.25) is 0 Å². The molecule has 68 valence electrons. The summed E-state index contributed by atoms with van der Waals surface area (Å²) in [7, 11) is 0. The Morgan fingerprint density at radius 2 is 2.23 bits per heavy atom. The summed E-state index contributed by atoms with van der Waals surface area (Å²) in [6.07, 6.45) is -2.71. The van der Waals surface area contributed by atoms with Gasteiger partial charge in [0, 0.05) is 0 Å². The van der Waals surface area contributed by atoms with Crippen LogP contribution in [-0.2, 0) is 0 Å². The monoisotopic (exact) mass is 314 g/mol. The first-order valence-electron chi connectivity index (χ1n) is 3.10. The third-order valence-corrected chi connectivity index (χ3v) is 2.41. The van der Waals surface area contributed by atoms with Crippen LogP contribution in [0.5, 0.6) is 0 Å². The molecule has 1 aromatic rings. The van der Waals surface area contributed by atoms with Gasteiger partial charge in [-0.25, -0.2) is 13.8 Å². The van der Waals surface area contributed by atoms with Gasteiger partial charge in [-0.05, 0) is 28.7 Å². The number of pyridine rings is 1. The van der Waals surface area contributed by atoms with E-state index in [1.54, 1.807) is 28.7 Å². The molecule has 0 spiro atoms. The Morgan fingerprint density at radius 1 is 1.62 bits per heavy atom. The average molecular weight is 314 g/mol. The van der Waals surface area contributed by atoms with Crippen LogP contribution in [0.2, 0.25) is 5.02 Å². The molecule has 0 aliphatic carbocycles. The lowest BCUT2D eigenvalue weighted by molar-refractivity contribution is 0.146. The fraction of sp³-hybridized carbons (Fsp3) is 0.143. The molecule has 0 fully saturated rings. The van der Waals surface area contributed by atoms with E-state index < -0.39 is 12.1 Å². The molecule has 1 aromatic heterocycles. The number of aromatic nitrogens is 1. The van der Waals surface area contributed by atoms with E-state index in [9.17, 15) is 8.78 Å². The van der Waals surface area contributed by atoms with Gasteiger partial charge in [-0.1, -0.05) is 11.6 Å². The molecule has 0 bridgehead atoms. The molecule has 0 atom stereocenters. The quantitative estimate of drug-likeness (QED) is 0.590. The molecule has 0 amide bonds. The molecule has 1 heterocycles. The normalized spacial score (nSPS) is 10.2. The first-order valence-corrected chi connectivity index (χ1v) is 4.56. The van der Waals surface area contributed by atoms with Crippen LogP contribution in [0.4, 0.5) is 8.78 Å². The highest BCUT2D eigenvalue weighted by Crippen LogP contribution is 2.27. The Kier molecular flexibility index (Phi) is 3.39. The summed E-state index contributed by atoms with van der Waals surface area (Å²) in [6, 6.07) is 3.00. The highest BCUT2D eigenvalue weighted by Gasteiger charge is 2.16. The van der Waals surface area contributed by atoms with Crippen LogP contribution in [0.15, 0.2) is 6.07 Å². The molecule has 0 radical (unpaired) electrons. The lowest BCUT2D eigenvalue weighted by Crippen LogP contribution is -1.96. The lowest BCUT2D eigenvalue weighted by atomic mass is 10.3. The minimum absolute atomic E-state index is 0.174. The SMILES string of the molecule is N#Cc1cc(Cl)c(C(F)F)nc1I. The molecule has 0 aliphatic heterocycles. The maximum absolute atomic E-state index is 12.2. The molecule has 0 aliphatic rings. The van der Waals surface area contributed by atoms with Crippen LogP contribution < -0.4 is 0 Å². The zero-order chi connectivity index (χ0) is 10.0. The van der Waals surface area contributed by atoms with E-state index in [2.05, 4.69) is 4.98 Å². The Bertz CT molecular complexity index is 375. The zero-order valence-electron chi connectivity index (χ0n) is 6.06. The summed E-state index contributed by atoms with van der Waals surface area (Å²) in [4.78, 5) is 3.53. The van der Waals surface area contributed by atoms with Crippen LogP contribution in [0.1, 0.15) is 17.7 Å². The fourth-order valence-corrected chi connectivity index (χ4v) is 1.48. The highest BCUT2D eigenvalue weighted by molar-refractivity contribution is 14.1. The molecule has 0 saturated carbocycles. The van der Waals surface area contributed by atoms with E-state index >= 15 is 0 Å². The summed E-state index contributed by atoms with van der Waals surface area (Å²) in [5, 5.41) is 8.36. The second-order valence-electron chi connectivity index (χ2n) is 2.11. The smallest absolute Gasteiger partial charge is 0.238 e. The van der Waals surface area contributed by atoms with Crippen molar-refractivity contribution in [3.05, 3.63) is 26.0 Å². The van der Waals surface area contributed by atoms with E-state index in [1.165, 1.54) is 6.07 Å². The van der Waals surface area contributed by atoms with Crippen LogP contribution in [0.25, 0.3) is 0 Å². The molecule has 13 heavy (non-hydrogen) atoms. The number of rotatable bonds is 1. The van der Waals surface area contributed by atoms with Gasteiger partial charge in [0.1, 0.15) is 15.5 Å². The van der Waals surface area contributed by atoms with Gasteiger partial charge < -0.3 is 0 Å². The van der Waals surface area contributed by atoms with Gasteiger partial charge in [0.15, 0.2) is 0 Å². The molecule has 1 rings (SSSR count). The molecule has 0 unspecified atom stereocenters. The van der Waals surface area contributed by atoms with Crippen molar-refractivity contribution in [2.24, 2.45) is 0 Å². The Hall–Kier alpha value is -0.480. The Balaban J connectivity index is 3.31. The van der Waals surface area contributed by atoms with Gasteiger partial charge in [-0.3, -0.25) is 0 Å². The van der Waals surface area contributed by atoms with Gasteiger partial charge in [-0.2, -0.15) is 5.26 Å². The topological polar surface area (TPSA) is 36.7 Å². The van der Waals surface area contributed by atoms with Crippen molar-refractivity contribution in [3.8, 4) is 6.07 Å². The first-order chi connectivity index (χ1) is 6.06. The first kappa shape index (κ1) is 10.6. The predicted molar refractivity (Wildman–Crippen MR) is 51.6 cm³/mol. The van der Waals surface area contributed by atoms with Crippen molar-refractivity contribution in [1.82, 2.24) is 4.98 Å². The second-order valence-corrected chi connectivity index (χ2v) is 3.54. The molecule has 0 aromatic carbocycles. The van der Waals surface area contributed by atoms with Crippen molar-refractivity contribution in [2.45, 2.75) is 6.43 Å². The largest absolute Gasteiger partial charge is 0.281 e. The van der Waals surface area contributed by atoms with Gasteiger partial charge >= 0.3 is 0 Å². The summed E-state index contributed by atoms with van der Waals surface area (Å²) in [5.74, 6) is 0. The number of halogens is 4. The van der Waals surface area contributed by atoms with E-state index in [4.69, 9.17) is 16.9 Å². The van der Waals surface area contributed by atoms with Gasteiger partial charge in [0.25, 0.3) is 6.43 Å². The molecule has 6 heteroatoms. The Labute approximate surface area is 91.7 Å². The van der Waals surface area contributed by atoms with Crippen molar-refractivity contribution in [2.75, 3.05) is 0 Å². The van der Waals surface area contributed by atoms with Crippen molar-refractivity contribution in [3.63, 3.8) is 0 Å². The number of alkyl halides is 2. The third-order valence-electron chi connectivity index (χ3n) is 1.28. The van der Waals surface area contributed by atoms with Crippen molar-refractivity contribution < 1.29 is 8.78 Å². The molecule has 0 N–H and O–H groups in total. The zero-order valence-corrected chi connectivity index (χ0v) is 8.97. The maximum atomic E-state index is 12.2. The number of nitriles is 1. The standard InChI is InChI=1S/C7H2ClF2IN2/c8-4-1-3(2-12)7(11)13-5(4)6(9)10/h1,6H. The average Bonchev–Trinajstić information content (AvgIpc) is 2.07. The van der Waals surface area contributed by atoms with E-state index in [0.29, 0.717) is 0 Å². The van der Waals surface area contributed by atoms with Gasteiger partial charge in [0.05, 0.1) is 10.6 Å². The highest BCUT2D eigenvalue weighted by atomic mass is 127. The summed E-state index contributed by atoms with van der Waals surface area (Å²) >= 11 is 7.19. The summed E-state index contributed by atoms with van der Waals surface area (Å²) in [5.41, 5.74) is -0.278. The minimum atomic E-state index is -2.71. The maximum Gasteiger partial charge on any atom is 0.281 e. The lowest BCUT2D eigenvalue weighted by Gasteiger charge is -2.03. The number of hydrogen-bond donors (Lipinski definition) is 0. The molecular formula is C7H2ClF2IN2. The van der Waals surface area contributed by atoms with Gasteiger partial charge in [-0.15, -0.1) is 0 Å². The summed E-state index contributed by atoms with van der Waals surface area (Å²) in [6.45, 7) is 0.